The second-order valence-electron chi connectivity index (χ2n) is 3.63. The molecule has 0 aliphatic rings. The van der Waals surface area contributed by atoms with Gasteiger partial charge < -0.3 is 4.43 Å². The molecule has 0 aliphatic carbocycles. The highest BCUT2D eigenvalue weighted by molar-refractivity contribution is 6.70. The lowest BCUT2D eigenvalue weighted by atomic mass is 10.2. The van der Waals surface area contributed by atoms with Gasteiger partial charge in [-0.1, -0.05) is 45.2 Å². The lowest BCUT2D eigenvalue weighted by molar-refractivity contribution is 0.403. The molecule has 0 amide bonds. The van der Waals surface area contributed by atoms with E-state index in [1.165, 1.54) is 5.56 Å². The summed E-state index contributed by atoms with van der Waals surface area (Å²) in [5.74, 6) is 0. The zero-order valence-corrected chi connectivity index (χ0v) is 9.00. The van der Waals surface area contributed by atoms with Crippen molar-refractivity contribution in [2.24, 2.45) is 0 Å². The number of rotatable bonds is 3. The van der Waals surface area contributed by atoms with Gasteiger partial charge in [0.2, 0.25) is 0 Å². The van der Waals surface area contributed by atoms with Crippen LogP contribution in [0.15, 0.2) is 30.3 Å². The van der Waals surface area contributed by atoms with E-state index >= 15 is 0 Å². The molecular weight excluding hydrogens is 188 g/mol. The maximum absolute atomic E-state index is 5.48. The third-order valence-electron chi connectivity index (χ3n) is 2.03. The molecule has 0 atom stereocenters. The Balaban J connectivity index is 0. The van der Waals surface area contributed by atoms with Crippen LogP contribution >= 0.6 is 0 Å². The molecule has 14 heavy (non-hydrogen) atoms. The summed E-state index contributed by atoms with van der Waals surface area (Å²) >= 11 is 0. The van der Waals surface area contributed by atoms with Crippen molar-refractivity contribution >= 4 is 8.32 Å². The van der Waals surface area contributed by atoms with Crippen molar-refractivity contribution in [3.8, 4) is 0 Å². The van der Waals surface area contributed by atoms with Crippen molar-refractivity contribution in [2.75, 3.05) is 7.11 Å². The number of hydrogen-bond acceptors (Lipinski definition) is 1. The molecule has 0 N–H and O–H groups in total. The van der Waals surface area contributed by atoms with Crippen molar-refractivity contribution in [2.45, 2.75) is 34.0 Å². The highest BCUT2D eigenvalue weighted by Gasteiger charge is 2.20. The SMILES string of the molecule is C.C.CO[Si](C)(C)Cc1ccccc1. The molecule has 0 saturated heterocycles. The van der Waals surface area contributed by atoms with Crippen LogP contribution in [-0.4, -0.2) is 15.4 Å². The van der Waals surface area contributed by atoms with Crippen LogP contribution in [0.3, 0.4) is 0 Å². The van der Waals surface area contributed by atoms with E-state index in [1.807, 2.05) is 13.2 Å². The summed E-state index contributed by atoms with van der Waals surface area (Å²) in [6.07, 6.45) is 0. The van der Waals surface area contributed by atoms with Gasteiger partial charge in [0.05, 0.1) is 0 Å². The lowest BCUT2D eigenvalue weighted by Crippen LogP contribution is -2.32. The third kappa shape index (κ3) is 5.20. The van der Waals surface area contributed by atoms with E-state index in [2.05, 4.69) is 37.4 Å². The fourth-order valence-electron chi connectivity index (χ4n) is 1.16. The average Bonchev–Trinajstić information content (AvgIpc) is 2.06. The molecule has 1 nitrogen and oxygen atoms in total. The third-order valence-corrected chi connectivity index (χ3v) is 4.39. The molecule has 1 rings (SSSR count). The fraction of sp³-hybridized carbons (Fsp3) is 0.500. The van der Waals surface area contributed by atoms with Gasteiger partial charge >= 0.3 is 0 Å². The first-order valence-electron chi connectivity index (χ1n) is 4.23. The van der Waals surface area contributed by atoms with Crippen LogP contribution in [0.1, 0.15) is 20.4 Å². The smallest absolute Gasteiger partial charge is 0.190 e. The minimum atomic E-state index is -1.42. The lowest BCUT2D eigenvalue weighted by Gasteiger charge is -2.19. The molecule has 0 unspecified atom stereocenters. The summed E-state index contributed by atoms with van der Waals surface area (Å²) in [6, 6.07) is 11.6. The molecular formula is C12H24OSi. The Morgan fingerprint density at radius 2 is 1.57 bits per heavy atom. The van der Waals surface area contributed by atoms with Crippen molar-refractivity contribution < 1.29 is 4.43 Å². The van der Waals surface area contributed by atoms with Crippen LogP contribution in [0.4, 0.5) is 0 Å². The van der Waals surface area contributed by atoms with Crippen LogP contribution in [0, 0.1) is 0 Å². The summed E-state index contributed by atoms with van der Waals surface area (Å²) < 4.78 is 5.48. The van der Waals surface area contributed by atoms with E-state index in [9.17, 15) is 0 Å². The van der Waals surface area contributed by atoms with Gasteiger partial charge in [-0.05, 0) is 24.7 Å². The molecule has 0 fully saturated rings. The molecule has 0 bridgehead atoms. The van der Waals surface area contributed by atoms with Crippen LogP contribution in [0.5, 0.6) is 0 Å². The summed E-state index contributed by atoms with van der Waals surface area (Å²) in [5.41, 5.74) is 1.39. The van der Waals surface area contributed by atoms with E-state index in [4.69, 9.17) is 4.43 Å². The van der Waals surface area contributed by atoms with E-state index in [0.717, 1.165) is 6.04 Å². The molecule has 0 aliphatic heterocycles. The Morgan fingerprint density at radius 1 is 1.07 bits per heavy atom. The first kappa shape index (κ1) is 15.9. The van der Waals surface area contributed by atoms with Gasteiger partial charge in [0.25, 0.3) is 0 Å². The maximum Gasteiger partial charge on any atom is 0.190 e. The van der Waals surface area contributed by atoms with E-state index in [0.29, 0.717) is 0 Å². The molecule has 1 aromatic rings. The average molecular weight is 212 g/mol. The quantitative estimate of drug-likeness (QED) is 0.691. The number of benzene rings is 1. The summed E-state index contributed by atoms with van der Waals surface area (Å²) in [5, 5.41) is 0. The Kier molecular flexibility index (Phi) is 7.69. The largest absolute Gasteiger partial charge is 0.420 e. The minimum absolute atomic E-state index is 0. The second kappa shape index (κ2) is 6.79. The first-order chi connectivity index (χ1) is 5.64. The van der Waals surface area contributed by atoms with E-state index in [-0.39, 0.29) is 14.9 Å². The molecule has 2 heteroatoms. The normalized spacial score (nSPS) is 9.93. The van der Waals surface area contributed by atoms with Crippen LogP contribution < -0.4 is 0 Å². The summed E-state index contributed by atoms with van der Waals surface area (Å²) in [6.45, 7) is 4.47. The van der Waals surface area contributed by atoms with Crippen molar-refractivity contribution in [3.05, 3.63) is 35.9 Å². The molecule has 1 aromatic carbocycles. The zero-order valence-electron chi connectivity index (χ0n) is 8.00. The van der Waals surface area contributed by atoms with E-state index in [1.54, 1.807) is 0 Å². The summed E-state index contributed by atoms with van der Waals surface area (Å²) in [7, 11) is 0.397. The van der Waals surface area contributed by atoms with Gasteiger partial charge in [-0.25, -0.2) is 0 Å². The Hall–Kier alpha value is -0.603. The highest BCUT2D eigenvalue weighted by atomic mass is 28.4. The van der Waals surface area contributed by atoms with Crippen molar-refractivity contribution in [3.63, 3.8) is 0 Å². The van der Waals surface area contributed by atoms with Gasteiger partial charge in [-0.15, -0.1) is 0 Å². The van der Waals surface area contributed by atoms with Crippen LogP contribution in [-0.2, 0) is 10.5 Å². The monoisotopic (exact) mass is 212 g/mol. The molecule has 82 valence electrons. The van der Waals surface area contributed by atoms with Crippen molar-refractivity contribution in [1.29, 1.82) is 0 Å². The second-order valence-corrected chi connectivity index (χ2v) is 7.91. The van der Waals surface area contributed by atoms with Crippen LogP contribution in [0.25, 0.3) is 0 Å². The minimum Gasteiger partial charge on any atom is -0.420 e. The van der Waals surface area contributed by atoms with Gasteiger partial charge in [0.1, 0.15) is 0 Å². The summed E-state index contributed by atoms with van der Waals surface area (Å²) in [4.78, 5) is 0. The zero-order chi connectivity index (χ0) is 9.03. The first-order valence-corrected chi connectivity index (χ1v) is 7.35. The van der Waals surface area contributed by atoms with E-state index < -0.39 is 8.32 Å². The predicted molar refractivity (Wildman–Crippen MR) is 68.1 cm³/mol. The maximum atomic E-state index is 5.48. The highest BCUT2D eigenvalue weighted by Crippen LogP contribution is 2.11. The Bertz CT molecular complexity index is 231. The van der Waals surface area contributed by atoms with Gasteiger partial charge in [0, 0.05) is 7.11 Å². The number of hydrogen-bond donors (Lipinski definition) is 0. The van der Waals surface area contributed by atoms with Gasteiger partial charge in [-0.2, -0.15) is 0 Å². The fourth-order valence-corrected chi connectivity index (χ4v) is 2.52. The standard InChI is InChI=1S/C10H16OSi.2CH4/c1-11-12(2,3)9-10-7-5-4-6-8-10;;/h4-8H,9H2,1-3H3;2*1H4. The van der Waals surface area contributed by atoms with Crippen LogP contribution in [0.2, 0.25) is 13.1 Å². The van der Waals surface area contributed by atoms with Gasteiger partial charge in [0.15, 0.2) is 8.32 Å². The molecule has 0 heterocycles. The Morgan fingerprint density at radius 3 is 2.00 bits per heavy atom. The Labute approximate surface area is 90.3 Å². The van der Waals surface area contributed by atoms with Crippen molar-refractivity contribution in [1.82, 2.24) is 0 Å². The molecule has 0 aromatic heterocycles. The van der Waals surface area contributed by atoms with Gasteiger partial charge in [-0.3, -0.25) is 0 Å². The predicted octanol–water partition coefficient (Wildman–Crippen LogP) is 3.89. The topological polar surface area (TPSA) is 9.23 Å². The molecule has 0 saturated carbocycles. The molecule has 0 spiro atoms. The molecule has 0 radical (unpaired) electrons.